The molecule has 0 aliphatic heterocycles. The van der Waals surface area contributed by atoms with Crippen LogP contribution < -0.4 is 29.3 Å². The van der Waals surface area contributed by atoms with Gasteiger partial charge in [0, 0.05) is 18.7 Å². The van der Waals surface area contributed by atoms with E-state index < -0.39 is 17.9 Å². The zero-order valence-electron chi connectivity index (χ0n) is 28.7. The summed E-state index contributed by atoms with van der Waals surface area (Å²) in [4.78, 5) is 42.3. The van der Waals surface area contributed by atoms with Gasteiger partial charge in [0.25, 0.3) is 5.91 Å². The molecule has 8 heteroatoms. The second-order valence-corrected chi connectivity index (χ2v) is 16.0. The fourth-order valence-electron chi connectivity index (χ4n) is 9.69. The summed E-state index contributed by atoms with van der Waals surface area (Å²) in [5, 5.41) is 14.5. The number of nitrogens with zero attached hydrogens (tertiary/aromatic N) is 1. The van der Waals surface area contributed by atoms with Crippen molar-refractivity contribution in [3.8, 4) is 11.1 Å². The molecule has 0 spiro atoms. The Morgan fingerprint density at radius 2 is 1.62 bits per heavy atom. The van der Waals surface area contributed by atoms with Gasteiger partial charge in [-0.2, -0.15) is 11.8 Å². The van der Waals surface area contributed by atoms with Crippen molar-refractivity contribution in [1.82, 2.24) is 10.2 Å². The SMILES string of the molecule is CSCC[C@H](NC(=O)c1ccc(CCN(CC2CCCCC2)C(=O)C23CC4CC(CC(C4)C2)C3)cc1-c1ccccc1C)C(=O)[O-].[Li+]. The molecule has 1 N–H and O–H groups in total. The number of benzene rings is 2. The third kappa shape index (κ3) is 8.34. The monoisotopic (exact) mass is 650 g/mol. The number of amides is 2. The van der Waals surface area contributed by atoms with Gasteiger partial charge >= 0.3 is 18.9 Å². The second kappa shape index (κ2) is 16.0. The van der Waals surface area contributed by atoms with Crippen molar-refractivity contribution >= 4 is 29.5 Å². The first kappa shape index (κ1) is 36.1. The molecule has 0 saturated heterocycles. The smallest absolute Gasteiger partial charge is 0.548 e. The van der Waals surface area contributed by atoms with Crippen molar-refractivity contribution in [3.05, 3.63) is 59.2 Å². The van der Waals surface area contributed by atoms with Crippen molar-refractivity contribution < 1.29 is 38.4 Å². The van der Waals surface area contributed by atoms with Crippen LogP contribution in [0.25, 0.3) is 11.1 Å². The third-order valence-electron chi connectivity index (χ3n) is 11.6. The molecule has 0 aromatic heterocycles. The number of carbonyl (C=O) groups is 3. The molecule has 4 bridgehead atoms. The molecule has 5 aliphatic carbocycles. The molecule has 7 rings (SSSR count). The van der Waals surface area contributed by atoms with Gasteiger partial charge in [-0.3, -0.25) is 9.59 Å². The number of rotatable bonds is 13. The van der Waals surface area contributed by atoms with Gasteiger partial charge < -0.3 is 20.1 Å². The van der Waals surface area contributed by atoms with Crippen LogP contribution in [0.2, 0.25) is 0 Å². The Labute approximate surface area is 297 Å². The van der Waals surface area contributed by atoms with Crippen molar-refractivity contribution in [3.63, 3.8) is 0 Å². The normalized spacial score (nSPS) is 25.5. The second-order valence-electron chi connectivity index (χ2n) is 15.0. The van der Waals surface area contributed by atoms with Gasteiger partial charge in [-0.05, 0) is 135 Å². The maximum absolute atomic E-state index is 14.6. The van der Waals surface area contributed by atoms with Crippen molar-refractivity contribution in [2.24, 2.45) is 29.1 Å². The van der Waals surface area contributed by atoms with E-state index in [1.165, 1.54) is 63.1 Å². The molecule has 5 saturated carbocycles. The number of aliphatic carboxylic acids is 1. The van der Waals surface area contributed by atoms with Crippen LogP contribution in [0.5, 0.6) is 0 Å². The van der Waals surface area contributed by atoms with Gasteiger partial charge in [0.2, 0.25) is 5.91 Å². The number of thioether (sulfide) groups is 1. The Kier molecular flexibility index (Phi) is 12.3. The zero-order valence-corrected chi connectivity index (χ0v) is 29.5. The minimum absolute atomic E-state index is 0. The third-order valence-corrected chi connectivity index (χ3v) is 12.3. The maximum Gasteiger partial charge on any atom is 1.00 e. The predicted molar refractivity (Wildman–Crippen MR) is 183 cm³/mol. The minimum Gasteiger partial charge on any atom is -0.548 e. The van der Waals surface area contributed by atoms with E-state index in [1.807, 2.05) is 49.6 Å². The molecule has 6 nitrogen and oxygen atoms in total. The van der Waals surface area contributed by atoms with E-state index in [4.69, 9.17) is 0 Å². The van der Waals surface area contributed by atoms with Crippen LogP contribution >= 0.6 is 11.8 Å². The number of hydrogen-bond donors (Lipinski definition) is 1. The van der Waals surface area contributed by atoms with Crippen LogP contribution in [-0.2, 0) is 16.0 Å². The standard InChI is InChI=1S/C39H52N2O4S.Li/c1-26-8-6-7-11-32(26)34-21-27(12-13-33(34)36(42)40-35(37(43)44)15-17-46-2)14-16-41(25-28-9-4-3-5-10-28)38(45)39-22-29-18-30(23-39)20-31(19-29)24-39;/h6-8,11-13,21,28-31,35H,3-5,9-10,14-20,22-25H2,1-2H3,(H,40,42)(H,43,44);/q;+1/p-1/t29?,30?,31?,35-,39?;/m0./s1. The summed E-state index contributed by atoms with van der Waals surface area (Å²) >= 11 is 1.54. The van der Waals surface area contributed by atoms with Crippen LogP contribution in [0.3, 0.4) is 0 Å². The number of aryl methyl sites for hydroxylation is 1. The molecule has 0 radical (unpaired) electrons. The summed E-state index contributed by atoms with van der Waals surface area (Å²) in [5.74, 6) is 2.16. The number of carbonyl (C=O) groups excluding carboxylic acids is 3. The fraction of sp³-hybridized carbons (Fsp3) is 0.615. The van der Waals surface area contributed by atoms with Crippen LogP contribution in [0, 0.1) is 36.0 Å². The van der Waals surface area contributed by atoms with Crippen LogP contribution in [0.15, 0.2) is 42.5 Å². The summed E-state index contributed by atoms with van der Waals surface area (Å²) in [5.41, 5.74) is 4.18. The summed E-state index contributed by atoms with van der Waals surface area (Å²) in [6.07, 6.45) is 16.5. The first-order valence-electron chi connectivity index (χ1n) is 17.7. The molecule has 5 fully saturated rings. The van der Waals surface area contributed by atoms with E-state index in [-0.39, 0.29) is 24.3 Å². The van der Waals surface area contributed by atoms with Gasteiger partial charge in [0.1, 0.15) is 0 Å². The average Bonchev–Trinajstić information content (AvgIpc) is 3.04. The number of hydrogen-bond acceptors (Lipinski definition) is 5. The fourth-order valence-corrected chi connectivity index (χ4v) is 10.2. The summed E-state index contributed by atoms with van der Waals surface area (Å²) < 4.78 is 0. The molecule has 2 aromatic rings. The molecular formula is C39H51LiN2O4S. The Morgan fingerprint density at radius 3 is 2.23 bits per heavy atom. The van der Waals surface area contributed by atoms with E-state index in [0.29, 0.717) is 36.1 Å². The molecule has 2 aromatic carbocycles. The van der Waals surface area contributed by atoms with Crippen molar-refractivity contribution in [1.29, 1.82) is 0 Å². The van der Waals surface area contributed by atoms with E-state index in [1.54, 1.807) is 0 Å². The first-order valence-corrected chi connectivity index (χ1v) is 19.1. The maximum atomic E-state index is 14.6. The van der Waals surface area contributed by atoms with Crippen molar-refractivity contribution in [2.75, 3.05) is 25.1 Å². The van der Waals surface area contributed by atoms with E-state index in [0.717, 1.165) is 72.2 Å². The molecule has 5 aliphatic rings. The molecule has 2 amide bonds. The number of nitrogens with one attached hydrogen (secondary N) is 1. The summed E-state index contributed by atoms with van der Waals surface area (Å²) in [7, 11) is 0. The zero-order chi connectivity index (χ0) is 32.3. The average molecular weight is 651 g/mol. The molecular weight excluding hydrogens is 599 g/mol. The van der Waals surface area contributed by atoms with Gasteiger partial charge in [-0.25, -0.2) is 0 Å². The molecule has 0 unspecified atom stereocenters. The Morgan fingerprint density at radius 1 is 0.957 bits per heavy atom. The molecule has 248 valence electrons. The van der Waals surface area contributed by atoms with Crippen molar-refractivity contribution in [2.45, 2.75) is 96.4 Å². The van der Waals surface area contributed by atoms with Gasteiger partial charge in [0.05, 0.1) is 17.4 Å². The van der Waals surface area contributed by atoms with Gasteiger partial charge in [-0.15, -0.1) is 0 Å². The van der Waals surface area contributed by atoms with E-state index in [2.05, 4.69) is 16.3 Å². The van der Waals surface area contributed by atoms with Gasteiger partial charge in [-0.1, -0.05) is 55.7 Å². The minimum atomic E-state index is -1.27. The van der Waals surface area contributed by atoms with Crippen LogP contribution in [0.4, 0.5) is 0 Å². The Balaban J connectivity index is 0.00000433. The van der Waals surface area contributed by atoms with Gasteiger partial charge in [0.15, 0.2) is 0 Å². The number of carboxylic acid groups (broad SMARTS) is 1. The van der Waals surface area contributed by atoms with Crippen LogP contribution in [0.1, 0.15) is 98.5 Å². The molecule has 47 heavy (non-hydrogen) atoms. The quantitative estimate of drug-likeness (QED) is 0.336. The summed E-state index contributed by atoms with van der Waals surface area (Å²) in [6, 6.07) is 12.9. The molecule has 0 heterocycles. The van der Waals surface area contributed by atoms with E-state index in [9.17, 15) is 19.5 Å². The number of carboxylic acids is 1. The topological polar surface area (TPSA) is 89.5 Å². The summed E-state index contributed by atoms with van der Waals surface area (Å²) in [6.45, 7) is 3.59. The largest absolute Gasteiger partial charge is 1.00 e. The Hall–Kier alpha value is -2.20. The first-order chi connectivity index (χ1) is 22.2. The predicted octanol–water partition coefficient (Wildman–Crippen LogP) is 3.44. The Bertz CT molecular complexity index is 1390. The molecule has 1 atom stereocenters. The van der Waals surface area contributed by atoms with E-state index >= 15 is 0 Å². The van der Waals surface area contributed by atoms with Crippen LogP contribution in [-0.4, -0.2) is 53.8 Å².